The Labute approximate surface area is 106 Å². The van der Waals surface area contributed by atoms with Gasteiger partial charge in [0.15, 0.2) is 5.82 Å². The molecule has 0 radical (unpaired) electrons. The van der Waals surface area contributed by atoms with Crippen LogP contribution in [-0.2, 0) is 0 Å². The molecule has 2 aromatic rings. The summed E-state index contributed by atoms with van der Waals surface area (Å²) in [5, 5.41) is 10.7. The van der Waals surface area contributed by atoms with Gasteiger partial charge in [0.05, 0.1) is 0 Å². The highest BCUT2D eigenvalue weighted by Crippen LogP contribution is 2.23. The van der Waals surface area contributed by atoms with Crippen LogP contribution in [0.1, 0.15) is 30.3 Å². The van der Waals surface area contributed by atoms with Crippen molar-refractivity contribution in [1.82, 2.24) is 25.5 Å². The molecule has 1 aliphatic heterocycles. The van der Waals surface area contributed by atoms with Crippen molar-refractivity contribution in [2.75, 3.05) is 13.1 Å². The van der Waals surface area contributed by atoms with E-state index < -0.39 is 0 Å². The SMILES string of the molecule is Cc1cccc(-c2n[nH]c(C3CCNCC3)n2)n1. The molecule has 0 aromatic carbocycles. The maximum atomic E-state index is 4.59. The average Bonchev–Trinajstić information content (AvgIpc) is 2.89. The molecule has 0 saturated carbocycles. The van der Waals surface area contributed by atoms with Gasteiger partial charge in [0.25, 0.3) is 0 Å². The molecule has 0 atom stereocenters. The van der Waals surface area contributed by atoms with E-state index in [2.05, 4.69) is 25.5 Å². The molecule has 0 aliphatic carbocycles. The second-order valence-electron chi connectivity index (χ2n) is 4.73. The molecule has 0 spiro atoms. The lowest BCUT2D eigenvalue weighted by atomic mass is 9.98. The molecule has 2 aromatic heterocycles. The average molecular weight is 243 g/mol. The summed E-state index contributed by atoms with van der Waals surface area (Å²) in [6.07, 6.45) is 2.24. The summed E-state index contributed by atoms with van der Waals surface area (Å²) < 4.78 is 0. The third kappa shape index (κ3) is 2.26. The highest BCUT2D eigenvalue weighted by atomic mass is 15.2. The molecule has 3 heterocycles. The number of hydrogen-bond donors (Lipinski definition) is 2. The number of hydrogen-bond acceptors (Lipinski definition) is 4. The van der Waals surface area contributed by atoms with Gasteiger partial charge in [0, 0.05) is 11.6 Å². The first-order valence-corrected chi connectivity index (χ1v) is 6.40. The third-order valence-electron chi connectivity index (χ3n) is 3.35. The highest BCUT2D eigenvalue weighted by Gasteiger charge is 2.19. The Bertz CT molecular complexity index is 528. The first-order chi connectivity index (χ1) is 8.83. The highest BCUT2D eigenvalue weighted by molar-refractivity contribution is 5.48. The summed E-state index contributed by atoms with van der Waals surface area (Å²) in [6, 6.07) is 5.91. The Morgan fingerprint density at radius 1 is 1.17 bits per heavy atom. The Kier molecular flexibility index (Phi) is 3.06. The molecular formula is C13H17N5. The lowest BCUT2D eigenvalue weighted by molar-refractivity contribution is 0.446. The van der Waals surface area contributed by atoms with Gasteiger partial charge in [0.1, 0.15) is 11.5 Å². The molecule has 2 N–H and O–H groups in total. The second kappa shape index (κ2) is 4.86. The van der Waals surface area contributed by atoms with Crippen molar-refractivity contribution in [2.45, 2.75) is 25.7 Å². The van der Waals surface area contributed by atoms with Crippen LogP contribution in [0.4, 0.5) is 0 Å². The van der Waals surface area contributed by atoms with Crippen LogP contribution in [0.25, 0.3) is 11.5 Å². The molecule has 94 valence electrons. The van der Waals surface area contributed by atoms with Crippen LogP contribution in [0, 0.1) is 6.92 Å². The smallest absolute Gasteiger partial charge is 0.199 e. The van der Waals surface area contributed by atoms with E-state index in [1.165, 1.54) is 0 Å². The van der Waals surface area contributed by atoms with Crippen LogP contribution in [0.5, 0.6) is 0 Å². The summed E-state index contributed by atoms with van der Waals surface area (Å²) >= 11 is 0. The minimum absolute atomic E-state index is 0.498. The van der Waals surface area contributed by atoms with Gasteiger partial charge < -0.3 is 5.32 Å². The Hall–Kier alpha value is -1.75. The number of H-pyrrole nitrogens is 1. The fourth-order valence-corrected chi connectivity index (χ4v) is 2.33. The standard InChI is InChI=1S/C13H17N5/c1-9-3-2-4-11(15-9)13-16-12(17-18-13)10-5-7-14-8-6-10/h2-4,10,14H,5-8H2,1H3,(H,16,17,18). The number of nitrogens with zero attached hydrogens (tertiary/aromatic N) is 3. The van der Waals surface area contributed by atoms with Crippen molar-refractivity contribution in [3.63, 3.8) is 0 Å². The topological polar surface area (TPSA) is 66.5 Å². The van der Waals surface area contributed by atoms with Crippen LogP contribution in [-0.4, -0.2) is 33.3 Å². The van der Waals surface area contributed by atoms with E-state index in [1.807, 2.05) is 25.1 Å². The molecule has 0 bridgehead atoms. The Morgan fingerprint density at radius 2 is 2.00 bits per heavy atom. The Balaban J connectivity index is 1.84. The van der Waals surface area contributed by atoms with Gasteiger partial charge in [-0.3, -0.25) is 5.10 Å². The number of pyridine rings is 1. The lowest BCUT2D eigenvalue weighted by Crippen LogP contribution is -2.27. The van der Waals surface area contributed by atoms with Gasteiger partial charge in [-0.15, -0.1) is 0 Å². The number of nitrogens with one attached hydrogen (secondary N) is 2. The van der Waals surface area contributed by atoms with Crippen LogP contribution in [0.2, 0.25) is 0 Å². The molecule has 5 heteroatoms. The molecule has 5 nitrogen and oxygen atoms in total. The van der Waals surface area contributed by atoms with E-state index in [0.717, 1.165) is 43.1 Å². The normalized spacial score (nSPS) is 16.9. The van der Waals surface area contributed by atoms with Crippen molar-refractivity contribution in [1.29, 1.82) is 0 Å². The van der Waals surface area contributed by atoms with Crippen molar-refractivity contribution in [3.05, 3.63) is 29.7 Å². The molecule has 1 fully saturated rings. The van der Waals surface area contributed by atoms with Gasteiger partial charge in [-0.25, -0.2) is 9.97 Å². The van der Waals surface area contributed by atoms with E-state index in [1.54, 1.807) is 0 Å². The van der Waals surface area contributed by atoms with Crippen molar-refractivity contribution < 1.29 is 0 Å². The maximum Gasteiger partial charge on any atom is 0.199 e. The van der Waals surface area contributed by atoms with E-state index in [0.29, 0.717) is 11.7 Å². The number of aromatic nitrogens is 4. The quantitative estimate of drug-likeness (QED) is 0.841. The van der Waals surface area contributed by atoms with Gasteiger partial charge >= 0.3 is 0 Å². The predicted molar refractivity (Wildman–Crippen MR) is 69.2 cm³/mol. The molecule has 0 amide bonds. The number of aromatic amines is 1. The minimum Gasteiger partial charge on any atom is -0.317 e. The maximum absolute atomic E-state index is 4.59. The molecule has 18 heavy (non-hydrogen) atoms. The van der Waals surface area contributed by atoms with E-state index >= 15 is 0 Å². The lowest BCUT2D eigenvalue weighted by Gasteiger charge is -2.19. The minimum atomic E-state index is 0.498. The third-order valence-corrected chi connectivity index (χ3v) is 3.35. The monoisotopic (exact) mass is 243 g/mol. The van der Waals surface area contributed by atoms with E-state index in [-0.39, 0.29) is 0 Å². The van der Waals surface area contributed by atoms with Crippen molar-refractivity contribution >= 4 is 0 Å². The summed E-state index contributed by atoms with van der Waals surface area (Å²) in [5.41, 5.74) is 1.83. The fourth-order valence-electron chi connectivity index (χ4n) is 2.33. The second-order valence-corrected chi connectivity index (χ2v) is 4.73. The van der Waals surface area contributed by atoms with Crippen LogP contribution in [0.3, 0.4) is 0 Å². The number of rotatable bonds is 2. The summed E-state index contributed by atoms with van der Waals surface area (Å²) in [4.78, 5) is 9.03. The first kappa shape index (κ1) is 11.3. The Morgan fingerprint density at radius 3 is 2.78 bits per heavy atom. The van der Waals surface area contributed by atoms with E-state index in [4.69, 9.17) is 0 Å². The zero-order chi connectivity index (χ0) is 12.4. The van der Waals surface area contributed by atoms with Gasteiger partial charge in [0.2, 0.25) is 0 Å². The molecule has 1 aliphatic rings. The number of aryl methyl sites for hydroxylation is 1. The summed E-state index contributed by atoms with van der Waals surface area (Å²) in [6.45, 7) is 4.09. The van der Waals surface area contributed by atoms with Gasteiger partial charge in [-0.1, -0.05) is 6.07 Å². The van der Waals surface area contributed by atoms with Crippen LogP contribution in [0.15, 0.2) is 18.2 Å². The first-order valence-electron chi connectivity index (χ1n) is 6.40. The molecular weight excluding hydrogens is 226 g/mol. The fraction of sp³-hybridized carbons (Fsp3) is 0.462. The van der Waals surface area contributed by atoms with Gasteiger partial charge in [-0.2, -0.15) is 5.10 Å². The molecule has 3 rings (SSSR count). The van der Waals surface area contributed by atoms with Crippen LogP contribution >= 0.6 is 0 Å². The molecule has 0 unspecified atom stereocenters. The van der Waals surface area contributed by atoms with Gasteiger partial charge in [-0.05, 0) is 45.0 Å². The largest absolute Gasteiger partial charge is 0.317 e. The van der Waals surface area contributed by atoms with Crippen molar-refractivity contribution in [3.8, 4) is 11.5 Å². The zero-order valence-electron chi connectivity index (χ0n) is 10.5. The van der Waals surface area contributed by atoms with Crippen LogP contribution < -0.4 is 5.32 Å². The summed E-state index contributed by atoms with van der Waals surface area (Å²) in [5.74, 6) is 2.19. The summed E-state index contributed by atoms with van der Waals surface area (Å²) in [7, 11) is 0. The molecule has 1 saturated heterocycles. The van der Waals surface area contributed by atoms with E-state index in [9.17, 15) is 0 Å². The predicted octanol–water partition coefficient (Wildman–Crippen LogP) is 1.64. The van der Waals surface area contributed by atoms with Crippen molar-refractivity contribution in [2.24, 2.45) is 0 Å². The number of piperidine rings is 1. The zero-order valence-corrected chi connectivity index (χ0v) is 10.5.